The number of primary amides is 1. The molecule has 0 rings (SSSR count). The van der Waals surface area contributed by atoms with Gasteiger partial charge in [-0.15, -0.1) is 0 Å². The first-order valence-corrected chi connectivity index (χ1v) is 3.43. The molecule has 0 saturated carbocycles. The van der Waals surface area contributed by atoms with Crippen molar-refractivity contribution in [3.63, 3.8) is 0 Å². The van der Waals surface area contributed by atoms with Gasteiger partial charge in [-0.1, -0.05) is 0 Å². The number of carbonyl (C=O) groups is 3. The minimum atomic E-state index is -1.31. The van der Waals surface area contributed by atoms with E-state index < -0.39 is 17.9 Å². The summed E-state index contributed by atoms with van der Waals surface area (Å²) < 4.78 is -0.360. The van der Waals surface area contributed by atoms with Crippen LogP contribution in [0.2, 0.25) is 0 Å². The number of nitrogens with one attached hydrogen (secondary N) is 1. The largest absolute Gasteiger partial charge is 0.477 e. The molecule has 0 fully saturated rings. The zero-order chi connectivity index (χ0) is 9.72. The third kappa shape index (κ3) is 4.45. The van der Waals surface area contributed by atoms with Gasteiger partial charge in [0.2, 0.25) is 0 Å². The van der Waals surface area contributed by atoms with Gasteiger partial charge >= 0.3 is 12.0 Å². The molecule has 66 valence electrons. The zero-order valence-corrected chi connectivity index (χ0v) is 7.29. The van der Waals surface area contributed by atoms with Gasteiger partial charge < -0.3 is 10.8 Å². The molecule has 6 nitrogen and oxygen atoms in total. The predicted molar refractivity (Wildman–Crippen MR) is 42.4 cm³/mol. The van der Waals surface area contributed by atoms with Crippen LogP contribution in [0.3, 0.4) is 0 Å². The van der Waals surface area contributed by atoms with Crippen molar-refractivity contribution < 1.29 is 19.5 Å². The number of rotatable bonds is 2. The zero-order valence-electron chi connectivity index (χ0n) is 5.70. The highest BCUT2D eigenvalue weighted by molar-refractivity contribution is 9.12. The molecule has 4 N–H and O–H groups in total. The lowest BCUT2D eigenvalue weighted by Gasteiger charge is -1.93. The second kappa shape index (κ2) is 4.50. The van der Waals surface area contributed by atoms with Crippen molar-refractivity contribution in [3.05, 3.63) is 10.6 Å². The Kier molecular flexibility index (Phi) is 3.98. The number of halogens is 1. The van der Waals surface area contributed by atoms with E-state index in [0.717, 1.165) is 0 Å². The van der Waals surface area contributed by atoms with Gasteiger partial charge in [-0.05, 0) is 15.9 Å². The lowest BCUT2D eigenvalue weighted by Crippen LogP contribution is -2.33. The minimum absolute atomic E-state index is 0.360. The van der Waals surface area contributed by atoms with E-state index in [2.05, 4.69) is 21.7 Å². The van der Waals surface area contributed by atoms with Crippen LogP contribution in [-0.4, -0.2) is 23.0 Å². The molecular weight excluding hydrogens is 232 g/mol. The Balaban J connectivity index is 4.24. The van der Waals surface area contributed by atoms with Crippen LogP contribution < -0.4 is 11.1 Å². The highest BCUT2D eigenvalue weighted by Crippen LogP contribution is 2.02. The maximum absolute atomic E-state index is 10.6. The van der Waals surface area contributed by atoms with E-state index in [-0.39, 0.29) is 4.48 Å². The fraction of sp³-hybridized carbons (Fsp3) is 0. The quantitative estimate of drug-likeness (QED) is 0.564. The number of nitrogens with two attached hydrogens (primary N) is 1. The number of carboxylic acid groups (broad SMARTS) is 1. The molecule has 0 aromatic carbocycles. The van der Waals surface area contributed by atoms with Crippen molar-refractivity contribution in [3.8, 4) is 0 Å². The Morgan fingerprint density at radius 3 is 2.25 bits per heavy atom. The summed E-state index contributed by atoms with van der Waals surface area (Å²) in [5, 5.41) is 9.91. The van der Waals surface area contributed by atoms with Crippen LogP contribution in [-0.2, 0) is 9.59 Å². The molecule has 7 heteroatoms. The first kappa shape index (κ1) is 10.6. The lowest BCUT2D eigenvalue weighted by atomic mass is 10.5. The van der Waals surface area contributed by atoms with Gasteiger partial charge in [0.1, 0.15) is 4.48 Å². The first-order chi connectivity index (χ1) is 5.43. The monoisotopic (exact) mass is 236 g/mol. The van der Waals surface area contributed by atoms with Gasteiger partial charge in [-0.25, -0.2) is 9.59 Å². The molecule has 0 aliphatic carbocycles. The number of amides is 3. The molecule has 0 spiro atoms. The fourth-order valence-electron chi connectivity index (χ4n) is 0.334. The topological polar surface area (TPSA) is 109 Å². The smallest absolute Gasteiger partial charge is 0.342 e. The van der Waals surface area contributed by atoms with Gasteiger partial charge in [0, 0.05) is 6.08 Å². The number of carbonyl (C=O) groups excluding carboxylic acids is 2. The Hall–Kier alpha value is -1.37. The third-order valence-electron chi connectivity index (χ3n) is 0.709. The van der Waals surface area contributed by atoms with E-state index in [1.807, 2.05) is 0 Å². The average Bonchev–Trinajstić information content (AvgIpc) is 1.84. The molecule has 0 aromatic rings. The Labute approximate surface area is 75.5 Å². The molecule has 0 aliphatic rings. The maximum atomic E-state index is 10.6. The van der Waals surface area contributed by atoms with Gasteiger partial charge in [0.15, 0.2) is 0 Å². The summed E-state index contributed by atoms with van der Waals surface area (Å²) in [6, 6.07) is -1.04. The summed E-state index contributed by atoms with van der Waals surface area (Å²) in [6.07, 6.45) is 0.688. The lowest BCUT2D eigenvalue weighted by molar-refractivity contribution is -0.132. The van der Waals surface area contributed by atoms with E-state index in [9.17, 15) is 14.4 Å². The summed E-state index contributed by atoms with van der Waals surface area (Å²) in [4.78, 5) is 30.8. The number of hydrogen-bond donors (Lipinski definition) is 3. The van der Waals surface area contributed by atoms with Crippen LogP contribution in [0.4, 0.5) is 4.79 Å². The summed E-state index contributed by atoms with van der Waals surface area (Å²) in [5.74, 6) is -2.20. The molecule has 0 heterocycles. The third-order valence-corrected chi connectivity index (χ3v) is 1.28. The van der Waals surface area contributed by atoms with Crippen LogP contribution in [0.25, 0.3) is 0 Å². The molecule has 0 aromatic heterocycles. The molecule has 0 aliphatic heterocycles. The van der Waals surface area contributed by atoms with E-state index in [0.29, 0.717) is 6.08 Å². The average molecular weight is 237 g/mol. The summed E-state index contributed by atoms with van der Waals surface area (Å²) in [7, 11) is 0. The van der Waals surface area contributed by atoms with Gasteiger partial charge in [0.25, 0.3) is 5.91 Å². The van der Waals surface area contributed by atoms with Gasteiger partial charge in [0.05, 0.1) is 0 Å². The van der Waals surface area contributed by atoms with Crippen molar-refractivity contribution >= 4 is 33.8 Å². The Bertz CT molecular complexity index is 260. The van der Waals surface area contributed by atoms with Crippen LogP contribution >= 0.6 is 15.9 Å². The van der Waals surface area contributed by atoms with Crippen molar-refractivity contribution in [1.29, 1.82) is 0 Å². The van der Waals surface area contributed by atoms with E-state index in [1.54, 1.807) is 5.32 Å². The minimum Gasteiger partial charge on any atom is -0.477 e. The number of aliphatic carboxylic acids is 1. The molecule has 0 unspecified atom stereocenters. The van der Waals surface area contributed by atoms with Crippen molar-refractivity contribution in [2.45, 2.75) is 0 Å². The molecule has 0 radical (unpaired) electrons. The second-order valence-electron chi connectivity index (χ2n) is 1.65. The Morgan fingerprint density at radius 1 is 1.42 bits per heavy atom. The normalized spacial score (nSPS) is 10.6. The number of imide groups is 1. The molecule has 0 saturated heterocycles. The molecule has 12 heavy (non-hydrogen) atoms. The van der Waals surface area contributed by atoms with Crippen LogP contribution in [0.1, 0.15) is 0 Å². The number of urea groups is 1. The summed E-state index contributed by atoms with van der Waals surface area (Å²) in [6.45, 7) is 0. The van der Waals surface area contributed by atoms with Crippen molar-refractivity contribution in [1.82, 2.24) is 5.32 Å². The summed E-state index contributed by atoms with van der Waals surface area (Å²) >= 11 is 2.58. The predicted octanol–water partition coefficient (Wildman–Crippen LogP) is -0.455. The number of carboxylic acids is 1. The van der Waals surface area contributed by atoms with E-state index >= 15 is 0 Å². The van der Waals surface area contributed by atoms with Crippen molar-refractivity contribution in [2.75, 3.05) is 0 Å². The van der Waals surface area contributed by atoms with Crippen LogP contribution in [0, 0.1) is 0 Å². The maximum Gasteiger partial charge on any atom is 0.342 e. The fourth-order valence-corrected chi connectivity index (χ4v) is 0.542. The molecule has 0 atom stereocenters. The van der Waals surface area contributed by atoms with Gasteiger partial charge in [-0.2, -0.15) is 0 Å². The van der Waals surface area contributed by atoms with E-state index in [1.165, 1.54) is 0 Å². The Morgan fingerprint density at radius 2 is 1.92 bits per heavy atom. The molecular formula is C5H5BrN2O4. The number of hydrogen-bond acceptors (Lipinski definition) is 3. The van der Waals surface area contributed by atoms with Crippen LogP contribution in [0.5, 0.6) is 0 Å². The van der Waals surface area contributed by atoms with E-state index in [4.69, 9.17) is 5.11 Å². The molecule has 3 amide bonds. The molecule has 0 bridgehead atoms. The standard InChI is InChI=1S/C5H5BrN2O4/c6-2(4(10)11)1-3(9)8-5(7)12/h1H,(H,10,11)(H3,7,8,9,12)/b2-1+. The van der Waals surface area contributed by atoms with Crippen molar-refractivity contribution in [2.24, 2.45) is 5.73 Å². The highest BCUT2D eigenvalue weighted by Gasteiger charge is 2.06. The highest BCUT2D eigenvalue weighted by atomic mass is 79.9. The second-order valence-corrected chi connectivity index (χ2v) is 2.51. The van der Waals surface area contributed by atoms with Crippen LogP contribution in [0.15, 0.2) is 10.6 Å². The first-order valence-electron chi connectivity index (χ1n) is 2.64. The SMILES string of the molecule is NC(=O)NC(=O)/C=C(/Br)C(=O)O. The van der Waals surface area contributed by atoms with Gasteiger partial charge in [-0.3, -0.25) is 10.1 Å². The summed E-state index contributed by atoms with van der Waals surface area (Å²) in [5.41, 5.74) is 4.58.